The van der Waals surface area contributed by atoms with Gasteiger partial charge >= 0.3 is 0 Å². The molecule has 0 fully saturated rings. The van der Waals surface area contributed by atoms with E-state index in [0.717, 1.165) is 60.1 Å². The molecule has 0 radical (unpaired) electrons. The largest absolute Gasteiger partial charge is 0.497 e. The summed E-state index contributed by atoms with van der Waals surface area (Å²) in [5, 5.41) is 0. The predicted molar refractivity (Wildman–Crippen MR) is 242 cm³/mol. The van der Waals surface area contributed by atoms with Gasteiger partial charge in [0.25, 0.3) is 9.05 Å². The fourth-order valence-corrected chi connectivity index (χ4v) is 9.11. The van der Waals surface area contributed by atoms with E-state index in [1.165, 1.54) is 33.6 Å². The Morgan fingerprint density at radius 2 is 0.803 bits per heavy atom. The van der Waals surface area contributed by atoms with Crippen molar-refractivity contribution in [3.05, 3.63) is 176 Å². The molecule has 0 spiro atoms. The van der Waals surface area contributed by atoms with Gasteiger partial charge in [0, 0.05) is 32.7 Å². The average Bonchev–Trinajstić information content (AvgIpc) is 3.26. The third-order valence-corrected chi connectivity index (χ3v) is 13.1. The molecule has 0 aliphatic rings. The van der Waals surface area contributed by atoms with Gasteiger partial charge in [0.15, 0.2) is 0 Å². The number of benzene rings is 6. The Morgan fingerprint density at radius 3 is 1.11 bits per heavy atom. The molecular weight excluding hydrogens is 980 g/mol. The molecule has 0 amide bonds. The predicted octanol–water partition coefficient (Wildman–Crippen LogP) is 11.4. The minimum absolute atomic E-state index is 0.0737. The lowest BCUT2D eigenvalue weighted by molar-refractivity contribution is 0.395. The first kappa shape index (κ1) is 49.1. The SMILES string of the molecule is COc1ccc(CCCc2ccc(OC)cc2)cc1.COc1ccc(CN(Cc2ccc(OC)cc2)S(=O)(=O)c2cc(Br)ccc2F)cc1.O=S(=O)(Cl)c1cc(Br)ccc1F. The third-order valence-electron chi connectivity index (χ3n) is 8.95. The molecule has 6 rings (SSSR count). The van der Waals surface area contributed by atoms with Crippen LogP contribution in [0, 0.1) is 11.6 Å². The van der Waals surface area contributed by atoms with Gasteiger partial charge in [-0.25, -0.2) is 25.6 Å². The van der Waals surface area contributed by atoms with Gasteiger partial charge in [-0.3, -0.25) is 0 Å². The van der Waals surface area contributed by atoms with E-state index in [4.69, 9.17) is 29.6 Å². The second-order valence-electron chi connectivity index (χ2n) is 13.1. The zero-order valence-electron chi connectivity index (χ0n) is 33.7. The molecule has 9 nitrogen and oxygen atoms in total. The van der Waals surface area contributed by atoms with Crippen LogP contribution in [0.4, 0.5) is 8.78 Å². The van der Waals surface area contributed by atoms with E-state index >= 15 is 0 Å². The van der Waals surface area contributed by atoms with Gasteiger partial charge < -0.3 is 18.9 Å². The molecule has 0 aliphatic heterocycles. The summed E-state index contributed by atoms with van der Waals surface area (Å²) in [6.45, 7) is 0.147. The summed E-state index contributed by atoms with van der Waals surface area (Å²) in [5.41, 5.74) is 4.22. The number of aryl methyl sites for hydroxylation is 2. The number of hydrogen-bond donors (Lipinski definition) is 0. The van der Waals surface area contributed by atoms with Crippen LogP contribution in [-0.4, -0.2) is 49.6 Å². The quantitative estimate of drug-likeness (QED) is 0.0936. The standard InChI is InChI=1S/C22H21BrFNO4S.C17H20O2.C6H3BrClFO2S/c1-28-19-8-3-16(4-9-19)14-25(15-17-5-10-20(29-2)11-6-17)30(26,27)22-13-18(23)7-12-21(22)24;1-18-16-10-6-14(7-11-16)4-3-5-15-8-12-17(19-2)13-9-15;7-4-1-2-5(9)6(3-4)12(8,10)11/h3-13H,14-15H2,1-2H3;6-13H,3-5H2,1-2H3;1-3H. The van der Waals surface area contributed by atoms with Gasteiger partial charge in [-0.15, -0.1) is 0 Å². The van der Waals surface area contributed by atoms with Crippen molar-refractivity contribution in [3.8, 4) is 23.0 Å². The van der Waals surface area contributed by atoms with Crippen LogP contribution >= 0.6 is 42.5 Å². The maximum Gasteiger partial charge on any atom is 0.264 e. The number of methoxy groups -OCH3 is 4. The highest BCUT2D eigenvalue weighted by atomic mass is 79.9. The smallest absolute Gasteiger partial charge is 0.264 e. The highest BCUT2D eigenvalue weighted by molar-refractivity contribution is 9.10. The topological polar surface area (TPSA) is 108 Å². The van der Waals surface area contributed by atoms with Crippen LogP contribution < -0.4 is 18.9 Å². The van der Waals surface area contributed by atoms with Crippen LogP contribution in [0.2, 0.25) is 0 Å². The van der Waals surface area contributed by atoms with E-state index in [1.807, 2.05) is 24.3 Å². The van der Waals surface area contributed by atoms with Crippen LogP contribution in [0.1, 0.15) is 28.7 Å². The van der Waals surface area contributed by atoms with Crippen molar-refractivity contribution in [1.29, 1.82) is 0 Å². The molecule has 0 unspecified atom stereocenters. The number of hydrogen-bond acceptors (Lipinski definition) is 8. The van der Waals surface area contributed by atoms with Crippen LogP contribution in [0.5, 0.6) is 23.0 Å². The van der Waals surface area contributed by atoms with Gasteiger partial charge in [0.1, 0.15) is 44.4 Å². The molecule has 324 valence electrons. The number of nitrogens with zero attached hydrogens (tertiary/aromatic N) is 1. The highest BCUT2D eigenvalue weighted by Gasteiger charge is 2.28. The summed E-state index contributed by atoms with van der Waals surface area (Å²) >= 11 is 6.22. The summed E-state index contributed by atoms with van der Waals surface area (Å²) in [5.74, 6) is 1.52. The lowest BCUT2D eigenvalue weighted by Crippen LogP contribution is -2.31. The summed E-state index contributed by atoms with van der Waals surface area (Å²) in [7, 11) is 3.35. The summed E-state index contributed by atoms with van der Waals surface area (Å²) in [4.78, 5) is -0.891. The van der Waals surface area contributed by atoms with Crippen molar-refractivity contribution in [3.63, 3.8) is 0 Å². The second kappa shape index (κ2) is 23.6. The fourth-order valence-electron chi connectivity index (χ4n) is 5.65. The average molecular weight is 1020 g/mol. The summed E-state index contributed by atoms with van der Waals surface area (Å²) < 4.78 is 98.2. The number of ether oxygens (including phenoxy) is 4. The fraction of sp³-hybridized carbons (Fsp3) is 0.200. The zero-order chi connectivity index (χ0) is 44.6. The lowest BCUT2D eigenvalue weighted by atomic mass is 10.0. The molecule has 0 aliphatic carbocycles. The van der Waals surface area contributed by atoms with E-state index in [1.54, 1.807) is 77.0 Å². The van der Waals surface area contributed by atoms with Crippen LogP contribution in [0.3, 0.4) is 0 Å². The maximum absolute atomic E-state index is 14.4. The zero-order valence-corrected chi connectivity index (χ0v) is 39.2. The Morgan fingerprint density at radius 1 is 0.492 bits per heavy atom. The first-order valence-electron chi connectivity index (χ1n) is 18.4. The molecule has 0 bridgehead atoms. The Balaban J connectivity index is 0.000000224. The van der Waals surface area contributed by atoms with Gasteiger partial charge in [0.2, 0.25) is 10.0 Å². The van der Waals surface area contributed by atoms with E-state index in [9.17, 15) is 25.6 Å². The Labute approximate surface area is 377 Å². The monoisotopic (exact) mass is 1020 g/mol. The Kier molecular flexibility index (Phi) is 19.0. The molecule has 61 heavy (non-hydrogen) atoms. The maximum atomic E-state index is 14.4. The van der Waals surface area contributed by atoms with E-state index in [2.05, 4.69) is 56.1 Å². The molecule has 0 aromatic heterocycles. The van der Waals surface area contributed by atoms with Crippen molar-refractivity contribution in [1.82, 2.24) is 4.31 Å². The second-order valence-corrected chi connectivity index (χ2v) is 19.4. The minimum Gasteiger partial charge on any atom is -0.497 e. The number of sulfonamides is 1. The minimum atomic E-state index is -4.12. The van der Waals surface area contributed by atoms with E-state index in [0.29, 0.717) is 20.4 Å². The molecule has 0 N–H and O–H groups in total. The molecule has 6 aromatic rings. The van der Waals surface area contributed by atoms with Crippen molar-refractivity contribution in [2.45, 2.75) is 42.1 Å². The molecular formula is C45H44Br2ClF2NO8S2. The van der Waals surface area contributed by atoms with E-state index in [-0.39, 0.29) is 18.0 Å². The summed E-state index contributed by atoms with van der Waals surface area (Å²) in [6.07, 6.45) is 3.34. The van der Waals surface area contributed by atoms with Crippen LogP contribution in [-0.2, 0) is 45.0 Å². The highest BCUT2D eigenvalue weighted by Crippen LogP contribution is 2.28. The normalized spacial score (nSPS) is 11.1. The third kappa shape index (κ3) is 15.4. The van der Waals surface area contributed by atoms with Crippen LogP contribution in [0.25, 0.3) is 0 Å². The summed E-state index contributed by atoms with van der Waals surface area (Å²) in [6, 6.07) is 38.2. The van der Waals surface area contributed by atoms with E-state index < -0.39 is 35.6 Å². The molecule has 0 atom stereocenters. The molecule has 0 saturated carbocycles. The van der Waals surface area contributed by atoms with Crippen molar-refractivity contribution in [2.24, 2.45) is 0 Å². The van der Waals surface area contributed by atoms with Gasteiger partial charge in [-0.1, -0.05) is 80.4 Å². The molecule has 16 heteroatoms. The van der Waals surface area contributed by atoms with Gasteiger partial charge in [-0.2, -0.15) is 4.31 Å². The lowest BCUT2D eigenvalue weighted by Gasteiger charge is -2.23. The van der Waals surface area contributed by atoms with Gasteiger partial charge in [-0.05, 0) is 126 Å². The van der Waals surface area contributed by atoms with Crippen molar-refractivity contribution in [2.75, 3.05) is 28.4 Å². The Hall–Kier alpha value is -4.51. The van der Waals surface area contributed by atoms with Crippen molar-refractivity contribution < 1.29 is 44.6 Å². The first-order chi connectivity index (χ1) is 29.1. The van der Waals surface area contributed by atoms with Crippen LogP contribution in [0.15, 0.2) is 152 Å². The van der Waals surface area contributed by atoms with Crippen molar-refractivity contribution >= 4 is 61.6 Å². The van der Waals surface area contributed by atoms with Gasteiger partial charge in [0.05, 0.1) is 28.4 Å². The first-order valence-corrected chi connectivity index (χ1v) is 23.8. The molecule has 0 saturated heterocycles. The Bertz CT molecular complexity index is 2440. The number of halogens is 5. The molecule has 0 heterocycles. The molecule has 6 aromatic carbocycles. The number of rotatable bonds is 15.